The second-order valence-corrected chi connectivity index (χ2v) is 6.77. The van der Waals surface area contributed by atoms with E-state index in [1.165, 1.54) is 44.1 Å². The van der Waals surface area contributed by atoms with Crippen molar-refractivity contribution in [3.8, 4) is 5.75 Å². The van der Waals surface area contributed by atoms with Gasteiger partial charge in [-0.3, -0.25) is 0 Å². The Hall–Kier alpha value is -1.02. The normalized spacial score (nSPS) is 33.5. The Kier molecular flexibility index (Phi) is 4.30. The topological polar surface area (TPSA) is 21.3 Å². The highest BCUT2D eigenvalue weighted by atomic mass is 16.5. The van der Waals surface area contributed by atoms with Gasteiger partial charge in [-0.25, -0.2) is 0 Å². The van der Waals surface area contributed by atoms with Gasteiger partial charge in [0.15, 0.2) is 0 Å². The first kappa shape index (κ1) is 13.9. The Morgan fingerprint density at radius 3 is 2.40 bits per heavy atom. The average Bonchev–Trinajstić information content (AvgIpc) is 2.43. The summed E-state index contributed by atoms with van der Waals surface area (Å²) in [5.74, 6) is 2.62. The third-order valence-corrected chi connectivity index (χ3v) is 5.13. The number of nitrogens with one attached hydrogen (secondary N) is 1. The molecule has 0 heterocycles. The Morgan fingerprint density at radius 2 is 1.75 bits per heavy atom. The predicted octanol–water partition coefficient (Wildman–Crippen LogP) is 4.11. The Bertz CT molecular complexity index is 422. The highest BCUT2D eigenvalue weighted by Crippen LogP contribution is 2.38. The first-order valence-corrected chi connectivity index (χ1v) is 8.14. The van der Waals surface area contributed by atoms with Crippen molar-refractivity contribution in [1.82, 2.24) is 5.32 Å². The van der Waals surface area contributed by atoms with Crippen LogP contribution in [0.4, 0.5) is 0 Å². The maximum absolute atomic E-state index is 5.22. The summed E-state index contributed by atoms with van der Waals surface area (Å²) in [6, 6.07) is 10.1. The molecule has 0 bridgehead atoms. The van der Waals surface area contributed by atoms with E-state index < -0.39 is 0 Å². The van der Waals surface area contributed by atoms with Crippen LogP contribution in [-0.2, 0) is 0 Å². The van der Waals surface area contributed by atoms with Gasteiger partial charge in [0.05, 0.1) is 7.11 Å². The highest BCUT2D eigenvalue weighted by Gasteiger charge is 2.32. The number of benzene rings is 1. The molecule has 2 fully saturated rings. The van der Waals surface area contributed by atoms with Crippen LogP contribution in [0.25, 0.3) is 0 Å². The molecule has 1 aromatic rings. The van der Waals surface area contributed by atoms with Crippen LogP contribution < -0.4 is 10.1 Å². The summed E-state index contributed by atoms with van der Waals surface area (Å²) in [7, 11) is 1.73. The van der Waals surface area contributed by atoms with Crippen molar-refractivity contribution < 1.29 is 4.74 Å². The summed E-state index contributed by atoms with van der Waals surface area (Å²) in [4.78, 5) is 0. The minimum atomic E-state index is 0.748. The van der Waals surface area contributed by atoms with Gasteiger partial charge in [-0.2, -0.15) is 0 Å². The number of rotatable bonds is 4. The van der Waals surface area contributed by atoms with Crippen LogP contribution in [0.5, 0.6) is 5.75 Å². The summed E-state index contributed by atoms with van der Waals surface area (Å²) >= 11 is 0. The Labute approximate surface area is 122 Å². The zero-order valence-corrected chi connectivity index (χ0v) is 12.8. The van der Waals surface area contributed by atoms with E-state index in [-0.39, 0.29) is 0 Å². The van der Waals surface area contributed by atoms with E-state index >= 15 is 0 Å². The molecule has 2 unspecified atom stereocenters. The van der Waals surface area contributed by atoms with E-state index in [9.17, 15) is 0 Å². The molecule has 2 aliphatic carbocycles. The second-order valence-electron chi connectivity index (χ2n) is 6.77. The van der Waals surface area contributed by atoms with Crippen molar-refractivity contribution in [2.45, 2.75) is 63.5 Å². The minimum Gasteiger partial charge on any atom is -0.497 e. The zero-order chi connectivity index (χ0) is 13.9. The summed E-state index contributed by atoms with van der Waals surface area (Å²) in [6.45, 7) is 2.40. The van der Waals surface area contributed by atoms with Crippen molar-refractivity contribution >= 4 is 0 Å². The van der Waals surface area contributed by atoms with Gasteiger partial charge in [-0.05, 0) is 55.2 Å². The van der Waals surface area contributed by atoms with Crippen molar-refractivity contribution in [3.05, 3.63) is 29.8 Å². The fourth-order valence-electron chi connectivity index (χ4n) is 3.82. The van der Waals surface area contributed by atoms with Gasteiger partial charge in [0.25, 0.3) is 0 Å². The number of hydrogen-bond acceptors (Lipinski definition) is 2. The third kappa shape index (κ3) is 3.17. The number of hydrogen-bond donors (Lipinski definition) is 1. The van der Waals surface area contributed by atoms with Gasteiger partial charge >= 0.3 is 0 Å². The van der Waals surface area contributed by atoms with E-state index in [1.807, 2.05) is 0 Å². The first-order chi connectivity index (χ1) is 9.74. The lowest BCUT2D eigenvalue weighted by Gasteiger charge is -2.40. The zero-order valence-electron chi connectivity index (χ0n) is 12.8. The summed E-state index contributed by atoms with van der Waals surface area (Å²) in [5, 5.41) is 3.88. The molecule has 110 valence electrons. The average molecular weight is 273 g/mol. The van der Waals surface area contributed by atoms with Crippen molar-refractivity contribution in [2.24, 2.45) is 5.92 Å². The van der Waals surface area contributed by atoms with Gasteiger partial charge in [0.1, 0.15) is 5.75 Å². The van der Waals surface area contributed by atoms with Crippen LogP contribution >= 0.6 is 0 Å². The van der Waals surface area contributed by atoms with Crippen LogP contribution in [-0.4, -0.2) is 19.2 Å². The van der Waals surface area contributed by atoms with E-state index in [2.05, 4.69) is 36.5 Å². The van der Waals surface area contributed by atoms with Crippen molar-refractivity contribution in [2.75, 3.05) is 7.11 Å². The lowest BCUT2D eigenvalue weighted by atomic mass is 9.75. The first-order valence-electron chi connectivity index (χ1n) is 8.14. The van der Waals surface area contributed by atoms with Crippen molar-refractivity contribution in [1.29, 1.82) is 0 Å². The quantitative estimate of drug-likeness (QED) is 0.891. The molecule has 2 heteroatoms. The maximum Gasteiger partial charge on any atom is 0.118 e. The fourth-order valence-corrected chi connectivity index (χ4v) is 3.82. The van der Waals surface area contributed by atoms with Gasteiger partial charge < -0.3 is 10.1 Å². The smallest absolute Gasteiger partial charge is 0.118 e. The minimum absolute atomic E-state index is 0.748. The SMILES string of the molecule is COc1ccc(C2CC(NC3CCCC(C)C3)C2)cc1. The number of ether oxygens (including phenoxy) is 1. The van der Waals surface area contributed by atoms with Gasteiger partial charge in [0.2, 0.25) is 0 Å². The predicted molar refractivity (Wildman–Crippen MR) is 83.3 cm³/mol. The molecule has 0 aliphatic heterocycles. The Morgan fingerprint density at radius 1 is 1.00 bits per heavy atom. The van der Waals surface area contributed by atoms with E-state index in [0.717, 1.165) is 29.7 Å². The molecular formula is C18H27NO. The molecule has 1 aromatic carbocycles. The highest BCUT2D eigenvalue weighted by molar-refractivity contribution is 5.30. The lowest BCUT2D eigenvalue weighted by Crippen LogP contribution is -2.46. The molecule has 2 atom stereocenters. The standard InChI is InChI=1S/C18H27NO/c1-13-4-3-5-16(10-13)19-17-11-15(12-17)14-6-8-18(20-2)9-7-14/h6-9,13,15-17,19H,3-5,10-12H2,1-2H3. The van der Waals surface area contributed by atoms with Crippen LogP contribution in [0.2, 0.25) is 0 Å². The number of methoxy groups -OCH3 is 1. The fraction of sp³-hybridized carbons (Fsp3) is 0.667. The van der Waals surface area contributed by atoms with E-state index in [0.29, 0.717) is 0 Å². The summed E-state index contributed by atoms with van der Waals surface area (Å²) in [5.41, 5.74) is 1.47. The van der Waals surface area contributed by atoms with E-state index in [4.69, 9.17) is 4.74 Å². The molecule has 0 aromatic heterocycles. The van der Waals surface area contributed by atoms with E-state index in [1.54, 1.807) is 7.11 Å². The van der Waals surface area contributed by atoms with Gasteiger partial charge in [-0.1, -0.05) is 31.9 Å². The van der Waals surface area contributed by atoms with Gasteiger partial charge in [-0.15, -0.1) is 0 Å². The van der Waals surface area contributed by atoms with Crippen LogP contribution in [0.1, 0.15) is 56.9 Å². The molecule has 2 nitrogen and oxygen atoms in total. The second kappa shape index (κ2) is 6.17. The monoisotopic (exact) mass is 273 g/mol. The van der Waals surface area contributed by atoms with Crippen LogP contribution in [0.15, 0.2) is 24.3 Å². The molecule has 3 rings (SSSR count). The Balaban J connectivity index is 1.46. The molecule has 1 N–H and O–H groups in total. The molecule has 0 radical (unpaired) electrons. The van der Waals surface area contributed by atoms with Crippen molar-refractivity contribution in [3.63, 3.8) is 0 Å². The molecule has 0 spiro atoms. The third-order valence-electron chi connectivity index (χ3n) is 5.13. The molecule has 2 aliphatic rings. The van der Waals surface area contributed by atoms with Crippen LogP contribution in [0, 0.1) is 5.92 Å². The lowest BCUT2D eigenvalue weighted by molar-refractivity contribution is 0.217. The summed E-state index contributed by atoms with van der Waals surface area (Å²) < 4.78 is 5.22. The molecule has 2 saturated carbocycles. The molecular weight excluding hydrogens is 246 g/mol. The summed E-state index contributed by atoms with van der Waals surface area (Å²) in [6.07, 6.45) is 8.21. The maximum atomic E-state index is 5.22. The molecule has 0 amide bonds. The van der Waals surface area contributed by atoms with Gasteiger partial charge in [0, 0.05) is 12.1 Å². The molecule has 0 saturated heterocycles. The van der Waals surface area contributed by atoms with Crippen LogP contribution in [0.3, 0.4) is 0 Å². The molecule has 20 heavy (non-hydrogen) atoms. The largest absolute Gasteiger partial charge is 0.497 e.